The molecule has 1 aromatic carbocycles. The number of rotatable bonds is 13. The summed E-state index contributed by atoms with van der Waals surface area (Å²) in [5.74, 6) is 0.765. The minimum absolute atomic E-state index is 0. The molecule has 0 spiro atoms. The molecule has 0 heterocycles. The molecule has 0 aromatic heterocycles. The smallest absolute Gasteiger partial charge is 0.269 e. The Morgan fingerprint density at radius 1 is 1.26 bits per heavy atom. The number of benzene rings is 1. The number of non-ortho nitro benzene ring substituents is 1. The van der Waals surface area contributed by atoms with Crippen LogP contribution < -0.4 is 15.8 Å². The number of nitrogens with one attached hydrogen (secondary N) is 1. The van der Waals surface area contributed by atoms with Crippen LogP contribution in [-0.2, 0) is 0 Å². The molecular formula is C18H31IN4O4. The van der Waals surface area contributed by atoms with E-state index in [-0.39, 0.29) is 42.8 Å². The highest BCUT2D eigenvalue weighted by atomic mass is 127. The predicted molar refractivity (Wildman–Crippen MR) is 118 cm³/mol. The second-order valence-corrected chi connectivity index (χ2v) is 6.14. The fourth-order valence-electron chi connectivity index (χ4n) is 2.29. The van der Waals surface area contributed by atoms with Crippen LogP contribution in [0.4, 0.5) is 5.69 Å². The molecule has 8 nitrogen and oxygen atoms in total. The lowest BCUT2D eigenvalue weighted by Crippen LogP contribution is -2.34. The number of nitrogens with two attached hydrogens (primary N) is 1. The standard InChI is InChI=1S/C18H30N4O4.HI/c1-2-3-4-5-6-7-12-20-18(19)21-13-16(23)14-26-17-10-8-15(9-11-17)22(24)25;/h8-11,16,23H,2-7,12-14H2,1H3,(H3,19,20,21);1H. The highest BCUT2D eigenvalue weighted by Gasteiger charge is 2.07. The van der Waals surface area contributed by atoms with E-state index >= 15 is 0 Å². The first-order valence-electron chi connectivity index (χ1n) is 9.12. The zero-order valence-electron chi connectivity index (χ0n) is 15.8. The Morgan fingerprint density at radius 3 is 2.52 bits per heavy atom. The monoisotopic (exact) mass is 494 g/mol. The topological polar surface area (TPSA) is 123 Å². The Balaban J connectivity index is 0.00000676. The van der Waals surface area contributed by atoms with E-state index in [9.17, 15) is 15.2 Å². The fraction of sp³-hybridized carbons (Fsp3) is 0.611. The second-order valence-electron chi connectivity index (χ2n) is 6.14. The third-order valence-electron chi connectivity index (χ3n) is 3.80. The van der Waals surface area contributed by atoms with Crippen molar-refractivity contribution in [1.29, 1.82) is 0 Å². The number of aliphatic hydroxyl groups is 1. The molecule has 4 N–H and O–H groups in total. The number of guanidine groups is 1. The Bertz CT molecular complexity index is 555. The first kappa shape index (κ1) is 25.4. The zero-order valence-corrected chi connectivity index (χ0v) is 18.1. The average molecular weight is 494 g/mol. The predicted octanol–water partition coefficient (Wildman–Crippen LogP) is 3.22. The van der Waals surface area contributed by atoms with Gasteiger partial charge in [0.1, 0.15) is 18.5 Å². The van der Waals surface area contributed by atoms with Crippen molar-refractivity contribution >= 4 is 35.6 Å². The van der Waals surface area contributed by atoms with E-state index in [2.05, 4.69) is 17.2 Å². The second kappa shape index (κ2) is 15.4. The largest absolute Gasteiger partial charge is 0.491 e. The van der Waals surface area contributed by atoms with Gasteiger partial charge in [0.25, 0.3) is 5.69 Å². The lowest BCUT2D eigenvalue weighted by Gasteiger charge is -2.11. The molecule has 0 fully saturated rings. The van der Waals surface area contributed by atoms with Gasteiger partial charge in [0, 0.05) is 18.7 Å². The molecule has 154 valence electrons. The zero-order chi connectivity index (χ0) is 19.2. The van der Waals surface area contributed by atoms with Crippen LogP contribution in [-0.4, -0.2) is 41.8 Å². The molecule has 27 heavy (non-hydrogen) atoms. The van der Waals surface area contributed by atoms with Gasteiger partial charge in [-0.3, -0.25) is 15.1 Å². The number of hydrogen-bond donors (Lipinski definition) is 3. The van der Waals surface area contributed by atoms with Crippen molar-refractivity contribution in [1.82, 2.24) is 5.32 Å². The van der Waals surface area contributed by atoms with Gasteiger partial charge in [-0.25, -0.2) is 0 Å². The van der Waals surface area contributed by atoms with Crippen molar-refractivity contribution < 1.29 is 14.8 Å². The van der Waals surface area contributed by atoms with Gasteiger partial charge in [-0.05, 0) is 18.6 Å². The Labute approximate surface area is 177 Å². The van der Waals surface area contributed by atoms with Gasteiger partial charge < -0.3 is 20.9 Å². The van der Waals surface area contributed by atoms with Gasteiger partial charge in [-0.2, -0.15) is 0 Å². The molecule has 1 aromatic rings. The molecule has 1 unspecified atom stereocenters. The van der Waals surface area contributed by atoms with Gasteiger partial charge in [0.2, 0.25) is 0 Å². The summed E-state index contributed by atoms with van der Waals surface area (Å²) in [6, 6.07) is 5.68. The van der Waals surface area contributed by atoms with Crippen molar-refractivity contribution in [2.75, 3.05) is 19.7 Å². The first-order valence-corrected chi connectivity index (χ1v) is 9.12. The van der Waals surface area contributed by atoms with Crippen molar-refractivity contribution in [3.8, 4) is 5.75 Å². The molecule has 0 aliphatic heterocycles. The molecule has 0 saturated carbocycles. The van der Waals surface area contributed by atoms with Gasteiger partial charge in [0.15, 0.2) is 5.96 Å². The number of nitro benzene ring substituents is 1. The quantitative estimate of drug-likeness (QED) is 0.0967. The van der Waals surface area contributed by atoms with E-state index in [0.717, 1.165) is 13.0 Å². The van der Waals surface area contributed by atoms with Crippen molar-refractivity contribution in [2.24, 2.45) is 10.7 Å². The number of ether oxygens (including phenoxy) is 1. The molecule has 1 rings (SSSR count). The molecule has 0 bridgehead atoms. The maximum absolute atomic E-state index is 10.6. The van der Waals surface area contributed by atoms with E-state index in [0.29, 0.717) is 11.7 Å². The summed E-state index contributed by atoms with van der Waals surface area (Å²) in [6.07, 6.45) is 6.47. The minimum Gasteiger partial charge on any atom is -0.491 e. The molecular weight excluding hydrogens is 463 g/mol. The Hall–Kier alpha value is -1.62. The minimum atomic E-state index is -0.806. The Morgan fingerprint density at radius 2 is 1.89 bits per heavy atom. The van der Waals surface area contributed by atoms with Crippen LogP contribution in [0, 0.1) is 10.1 Å². The van der Waals surface area contributed by atoms with E-state index in [4.69, 9.17) is 10.5 Å². The van der Waals surface area contributed by atoms with Crippen LogP contribution in [0.3, 0.4) is 0 Å². The van der Waals surface area contributed by atoms with E-state index < -0.39 is 11.0 Å². The molecule has 0 radical (unpaired) electrons. The number of nitro groups is 1. The van der Waals surface area contributed by atoms with Gasteiger partial charge in [0.05, 0.1) is 11.5 Å². The number of aliphatic imine (C=N–C) groups is 1. The third kappa shape index (κ3) is 12.4. The van der Waals surface area contributed by atoms with E-state index in [1.54, 1.807) is 0 Å². The summed E-state index contributed by atoms with van der Waals surface area (Å²) in [4.78, 5) is 14.2. The normalized spacial score (nSPS) is 12.1. The summed E-state index contributed by atoms with van der Waals surface area (Å²) >= 11 is 0. The third-order valence-corrected chi connectivity index (χ3v) is 3.80. The van der Waals surface area contributed by atoms with E-state index in [1.165, 1.54) is 56.4 Å². The van der Waals surface area contributed by atoms with Crippen LogP contribution in [0.1, 0.15) is 45.4 Å². The highest BCUT2D eigenvalue weighted by molar-refractivity contribution is 14.0. The number of unbranched alkanes of at least 4 members (excludes halogenated alkanes) is 5. The Kier molecular flexibility index (Phi) is 14.5. The molecule has 1 atom stereocenters. The van der Waals surface area contributed by atoms with Crippen molar-refractivity contribution in [3.63, 3.8) is 0 Å². The lowest BCUT2D eigenvalue weighted by atomic mass is 10.1. The van der Waals surface area contributed by atoms with Crippen molar-refractivity contribution in [3.05, 3.63) is 34.4 Å². The van der Waals surface area contributed by atoms with Gasteiger partial charge >= 0.3 is 0 Å². The van der Waals surface area contributed by atoms with Gasteiger partial charge in [-0.1, -0.05) is 39.0 Å². The van der Waals surface area contributed by atoms with Crippen LogP contribution in [0.15, 0.2) is 29.3 Å². The summed E-state index contributed by atoms with van der Waals surface area (Å²) < 4.78 is 5.38. The van der Waals surface area contributed by atoms with Crippen LogP contribution in [0.25, 0.3) is 0 Å². The average Bonchev–Trinajstić information content (AvgIpc) is 2.64. The first-order chi connectivity index (χ1) is 12.5. The number of halogens is 1. The summed E-state index contributed by atoms with van der Waals surface area (Å²) in [6.45, 7) is 3.13. The fourth-order valence-corrected chi connectivity index (χ4v) is 2.29. The molecule has 0 saturated heterocycles. The van der Waals surface area contributed by atoms with Crippen molar-refractivity contribution in [2.45, 2.75) is 51.6 Å². The maximum atomic E-state index is 10.6. The lowest BCUT2D eigenvalue weighted by molar-refractivity contribution is -0.384. The maximum Gasteiger partial charge on any atom is 0.269 e. The van der Waals surface area contributed by atoms with E-state index in [1.807, 2.05) is 0 Å². The number of aliphatic hydroxyl groups excluding tert-OH is 1. The summed E-state index contributed by atoms with van der Waals surface area (Å²) in [7, 11) is 0. The van der Waals surface area contributed by atoms with Gasteiger partial charge in [-0.15, -0.1) is 24.0 Å². The van der Waals surface area contributed by atoms with Crippen LogP contribution in [0.5, 0.6) is 5.75 Å². The highest BCUT2D eigenvalue weighted by Crippen LogP contribution is 2.17. The van der Waals surface area contributed by atoms with Crippen LogP contribution >= 0.6 is 24.0 Å². The number of hydrogen-bond acceptors (Lipinski definition) is 5. The molecule has 0 amide bonds. The molecule has 9 heteroatoms. The molecule has 0 aliphatic rings. The van der Waals surface area contributed by atoms with Crippen LogP contribution in [0.2, 0.25) is 0 Å². The number of nitrogens with zero attached hydrogens (tertiary/aromatic N) is 2. The SMILES string of the molecule is CCCCCCCCNC(N)=NCC(O)COc1ccc([N+](=O)[O-])cc1.I. The molecule has 0 aliphatic carbocycles. The summed E-state index contributed by atoms with van der Waals surface area (Å²) in [5.41, 5.74) is 5.75. The summed E-state index contributed by atoms with van der Waals surface area (Å²) in [5, 5.41) is 23.5.